The Kier molecular flexibility index (Phi) is 4.11. The molecule has 0 radical (unpaired) electrons. The number of aryl methyl sites for hydroxylation is 1. The van der Waals surface area contributed by atoms with Gasteiger partial charge in [0.2, 0.25) is 0 Å². The lowest BCUT2D eigenvalue weighted by molar-refractivity contribution is -0.141. The minimum Gasteiger partial charge on any atom is -0.319 e. The zero-order chi connectivity index (χ0) is 16.5. The van der Waals surface area contributed by atoms with Crippen molar-refractivity contribution in [1.82, 2.24) is 4.98 Å². The molecule has 116 valence electrons. The Morgan fingerprint density at radius 3 is 2.41 bits per heavy atom. The van der Waals surface area contributed by atoms with Gasteiger partial charge in [-0.05, 0) is 31.2 Å². The number of hydrogen-bond acceptors (Lipinski definition) is 2. The fourth-order valence-corrected chi connectivity index (χ4v) is 1.74. The Hall–Kier alpha value is -2.51. The molecule has 1 N–H and O–H groups in total. The van der Waals surface area contributed by atoms with Gasteiger partial charge in [0.1, 0.15) is 17.3 Å². The van der Waals surface area contributed by atoms with Crippen LogP contribution in [0.25, 0.3) is 0 Å². The molecule has 1 heterocycles. The number of benzene rings is 1. The van der Waals surface area contributed by atoms with E-state index < -0.39 is 35.1 Å². The fourth-order valence-electron chi connectivity index (χ4n) is 1.74. The van der Waals surface area contributed by atoms with E-state index in [2.05, 4.69) is 10.3 Å². The molecule has 2 aromatic rings. The van der Waals surface area contributed by atoms with Crippen molar-refractivity contribution in [3.8, 4) is 0 Å². The third kappa shape index (κ3) is 3.38. The second kappa shape index (κ2) is 5.70. The Morgan fingerprint density at radius 1 is 1.14 bits per heavy atom. The average molecular weight is 316 g/mol. The van der Waals surface area contributed by atoms with Crippen molar-refractivity contribution in [3.05, 3.63) is 58.9 Å². The molecule has 3 nitrogen and oxygen atoms in total. The maximum atomic E-state index is 13.4. The number of halogens is 5. The molecule has 2 rings (SSSR count). The van der Waals surface area contributed by atoms with Gasteiger partial charge in [-0.3, -0.25) is 4.79 Å². The maximum absolute atomic E-state index is 13.4. The Morgan fingerprint density at radius 2 is 1.82 bits per heavy atom. The number of amides is 1. The van der Waals surface area contributed by atoms with Crippen molar-refractivity contribution in [2.24, 2.45) is 0 Å². The average Bonchev–Trinajstić information content (AvgIpc) is 2.41. The summed E-state index contributed by atoms with van der Waals surface area (Å²) in [6, 6.07) is 4.03. The van der Waals surface area contributed by atoms with E-state index in [-0.39, 0.29) is 11.3 Å². The fraction of sp³-hybridized carbons (Fsp3) is 0.143. The number of hydrogen-bond donors (Lipinski definition) is 1. The van der Waals surface area contributed by atoms with Crippen LogP contribution in [0.5, 0.6) is 0 Å². The molecule has 22 heavy (non-hydrogen) atoms. The van der Waals surface area contributed by atoms with E-state index in [9.17, 15) is 26.7 Å². The van der Waals surface area contributed by atoms with Crippen LogP contribution in [0.1, 0.15) is 21.7 Å². The topological polar surface area (TPSA) is 42.0 Å². The van der Waals surface area contributed by atoms with Crippen LogP contribution in [0.2, 0.25) is 0 Å². The van der Waals surface area contributed by atoms with Crippen molar-refractivity contribution in [3.63, 3.8) is 0 Å². The van der Waals surface area contributed by atoms with Gasteiger partial charge in [-0.1, -0.05) is 0 Å². The highest BCUT2D eigenvalue weighted by molar-refractivity contribution is 6.05. The third-order valence-electron chi connectivity index (χ3n) is 2.80. The number of rotatable bonds is 2. The molecule has 0 unspecified atom stereocenters. The number of alkyl halides is 3. The van der Waals surface area contributed by atoms with Crippen LogP contribution < -0.4 is 5.32 Å². The van der Waals surface area contributed by atoms with E-state index in [0.717, 1.165) is 24.3 Å². The molecule has 0 aliphatic heterocycles. The predicted octanol–water partition coefficient (Wildman–Crippen LogP) is 3.94. The summed E-state index contributed by atoms with van der Waals surface area (Å²) in [4.78, 5) is 15.2. The molecule has 1 aromatic carbocycles. The van der Waals surface area contributed by atoms with Crippen LogP contribution in [-0.2, 0) is 6.18 Å². The molecular weight excluding hydrogens is 307 g/mol. The van der Waals surface area contributed by atoms with Gasteiger partial charge in [-0.15, -0.1) is 0 Å². The zero-order valence-corrected chi connectivity index (χ0v) is 11.1. The third-order valence-corrected chi connectivity index (χ3v) is 2.80. The number of aromatic nitrogens is 1. The molecule has 0 saturated carbocycles. The Bertz CT molecular complexity index is 728. The van der Waals surface area contributed by atoms with E-state index in [4.69, 9.17) is 0 Å². The molecule has 0 aliphatic rings. The minimum atomic E-state index is -4.63. The predicted molar refractivity (Wildman–Crippen MR) is 68.3 cm³/mol. The van der Waals surface area contributed by atoms with E-state index >= 15 is 0 Å². The number of carbonyl (C=O) groups is 1. The van der Waals surface area contributed by atoms with Gasteiger partial charge in [-0.2, -0.15) is 13.2 Å². The number of pyridine rings is 1. The van der Waals surface area contributed by atoms with Crippen LogP contribution in [-0.4, -0.2) is 10.9 Å². The summed E-state index contributed by atoms with van der Waals surface area (Å²) in [7, 11) is 0. The molecule has 0 bridgehead atoms. The Balaban J connectivity index is 2.29. The summed E-state index contributed by atoms with van der Waals surface area (Å²) in [6.07, 6.45) is -4.63. The van der Waals surface area contributed by atoms with Crippen molar-refractivity contribution in [1.29, 1.82) is 0 Å². The van der Waals surface area contributed by atoms with E-state index in [0.29, 0.717) is 6.07 Å². The molecule has 0 atom stereocenters. The molecule has 1 amide bonds. The van der Waals surface area contributed by atoms with Gasteiger partial charge in [0, 0.05) is 6.07 Å². The largest absolute Gasteiger partial charge is 0.433 e. The maximum Gasteiger partial charge on any atom is 0.433 e. The molecule has 0 aliphatic carbocycles. The molecule has 0 saturated heterocycles. The van der Waals surface area contributed by atoms with E-state index in [1.165, 1.54) is 6.92 Å². The lowest BCUT2D eigenvalue weighted by Crippen LogP contribution is -2.17. The highest BCUT2D eigenvalue weighted by atomic mass is 19.4. The first-order valence-corrected chi connectivity index (χ1v) is 5.99. The summed E-state index contributed by atoms with van der Waals surface area (Å²) < 4.78 is 63.9. The Labute approximate surface area is 121 Å². The van der Waals surface area contributed by atoms with E-state index in [1.54, 1.807) is 0 Å². The lowest BCUT2D eigenvalue weighted by Gasteiger charge is -2.11. The lowest BCUT2D eigenvalue weighted by atomic mass is 10.1. The molecular formula is C14H9F5N2O. The van der Waals surface area contributed by atoms with Crippen LogP contribution in [0.15, 0.2) is 30.3 Å². The molecule has 1 aromatic heterocycles. The monoisotopic (exact) mass is 316 g/mol. The van der Waals surface area contributed by atoms with E-state index in [1.807, 2.05) is 0 Å². The number of nitrogens with one attached hydrogen (secondary N) is 1. The van der Waals surface area contributed by atoms with Gasteiger partial charge in [0.15, 0.2) is 0 Å². The smallest absolute Gasteiger partial charge is 0.319 e. The molecule has 8 heteroatoms. The van der Waals surface area contributed by atoms with Crippen molar-refractivity contribution in [2.75, 3.05) is 5.32 Å². The summed E-state index contributed by atoms with van der Waals surface area (Å²) in [5.41, 5.74) is -1.90. The van der Waals surface area contributed by atoms with Gasteiger partial charge in [0.05, 0.1) is 16.9 Å². The number of anilines is 1. The number of carbonyl (C=O) groups excluding carboxylic acids is 1. The van der Waals surface area contributed by atoms with Crippen LogP contribution in [0, 0.1) is 18.6 Å². The first kappa shape index (κ1) is 15.9. The zero-order valence-electron chi connectivity index (χ0n) is 11.1. The van der Waals surface area contributed by atoms with Gasteiger partial charge in [0.25, 0.3) is 5.91 Å². The second-order valence-corrected chi connectivity index (χ2v) is 4.41. The van der Waals surface area contributed by atoms with Crippen LogP contribution >= 0.6 is 0 Å². The summed E-state index contributed by atoms with van der Waals surface area (Å²) in [6.45, 7) is 1.21. The summed E-state index contributed by atoms with van der Waals surface area (Å²) >= 11 is 0. The van der Waals surface area contributed by atoms with Gasteiger partial charge >= 0.3 is 6.18 Å². The first-order chi connectivity index (χ1) is 10.2. The summed E-state index contributed by atoms with van der Waals surface area (Å²) in [5, 5.41) is 2.09. The van der Waals surface area contributed by atoms with Crippen LogP contribution in [0.3, 0.4) is 0 Å². The van der Waals surface area contributed by atoms with Crippen LogP contribution in [0.4, 0.5) is 27.6 Å². The second-order valence-electron chi connectivity index (χ2n) is 4.41. The minimum absolute atomic E-state index is 0.170. The highest BCUT2D eigenvalue weighted by Gasteiger charge is 2.33. The normalized spacial score (nSPS) is 11.4. The first-order valence-electron chi connectivity index (χ1n) is 5.99. The molecule has 0 spiro atoms. The SMILES string of the molecule is Cc1nc(C(F)(F)F)ccc1C(=O)Nc1cc(F)ccc1F. The molecule has 0 fully saturated rings. The van der Waals surface area contributed by atoms with Crippen molar-refractivity contribution in [2.45, 2.75) is 13.1 Å². The number of nitrogens with zero attached hydrogens (tertiary/aromatic N) is 1. The standard InChI is InChI=1S/C14H9F5N2O/c1-7-9(3-5-12(20-7)14(17,18)19)13(22)21-11-6-8(15)2-4-10(11)16/h2-6H,1H3,(H,21,22). The highest BCUT2D eigenvalue weighted by Crippen LogP contribution is 2.28. The van der Waals surface area contributed by atoms with Gasteiger partial charge < -0.3 is 5.32 Å². The quantitative estimate of drug-likeness (QED) is 0.853. The van der Waals surface area contributed by atoms with Crippen molar-refractivity contribution >= 4 is 11.6 Å². The summed E-state index contributed by atoms with van der Waals surface area (Å²) in [5.74, 6) is -2.52. The van der Waals surface area contributed by atoms with Gasteiger partial charge in [-0.25, -0.2) is 13.8 Å². The van der Waals surface area contributed by atoms with Crippen molar-refractivity contribution < 1.29 is 26.7 Å².